The van der Waals surface area contributed by atoms with Crippen molar-refractivity contribution in [3.8, 4) is 0 Å². The first-order chi connectivity index (χ1) is 5.90. The lowest BCUT2D eigenvalue weighted by Crippen LogP contribution is -2.12. The van der Waals surface area contributed by atoms with Gasteiger partial charge < -0.3 is 5.73 Å². The van der Waals surface area contributed by atoms with Crippen molar-refractivity contribution in [3.05, 3.63) is 23.8 Å². The number of nitrogen functional groups attached to an aromatic ring is 1. The number of hydrogen-bond donors (Lipinski definition) is 2. The summed E-state index contributed by atoms with van der Waals surface area (Å²) < 4.78 is 24.2. The van der Waals surface area contributed by atoms with Gasteiger partial charge in [-0.25, -0.2) is 8.42 Å². The highest BCUT2D eigenvalue weighted by molar-refractivity contribution is 7.92. The average Bonchev–Trinajstić information content (AvgIpc) is 1.95. The summed E-state index contributed by atoms with van der Waals surface area (Å²) in [6.07, 6.45) is 1.10. The molecule has 0 spiro atoms. The summed E-state index contributed by atoms with van der Waals surface area (Å²) in [5.41, 5.74) is 7.31. The van der Waals surface area contributed by atoms with Gasteiger partial charge in [-0.3, -0.25) is 4.72 Å². The Hall–Kier alpha value is -1.23. The Morgan fingerprint density at radius 1 is 1.38 bits per heavy atom. The fraction of sp³-hybridized carbons (Fsp3) is 0.250. The molecule has 0 aliphatic rings. The van der Waals surface area contributed by atoms with E-state index >= 15 is 0 Å². The number of sulfonamides is 1. The van der Waals surface area contributed by atoms with Gasteiger partial charge in [-0.15, -0.1) is 0 Å². The molecule has 0 amide bonds. The summed E-state index contributed by atoms with van der Waals surface area (Å²) >= 11 is 0. The maximum atomic E-state index is 10.9. The second-order valence-electron chi connectivity index (χ2n) is 2.91. The number of benzene rings is 1. The molecule has 0 aromatic heterocycles. The van der Waals surface area contributed by atoms with Crippen molar-refractivity contribution in [2.45, 2.75) is 6.92 Å². The van der Waals surface area contributed by atoms with E-state index in [9.17, 15) is 8.42 Å². The van der Waals surface area contributed by atoms with E-state index in [-0.39, 0.29) is 0 Å². The lowest BCUT2D eigenvalue weighted by Gasteiger charge is -2.09. The van der Waals surface area contributed by atoms with Crippen LogP contribution in [0.25, 0.3) is 0 Å². The lowest BCUT2D eigenvalue weighted by atomic mass is 10.2. The highest BCUT2D eigenvalue weighted by Gasteiger charge is 2.07. The number of rotatable bonds is 2. The molecule has 0 saturated carbocycles. The standard InChI is InChI=1S/C8H12N2O2S/c1-6-4-3-5-7(9)8(6)10-13(2,11)12/h3-5,10H,9H2,1-2H3. The molecule has 4 nitrogen and oxygen atoms in total. The van der Waals surface area contributed by atoms with Crippen molar-refractivity contribution < 1.29 is 8.42 Å². The fourth-order valence-electron chi connectivity index (χ4n) is 1.02. The van der Waals surface area contributed by atoms with Crippen LogP contribution in [0.15, 0.2) is 18.2 Å². The predicted molar refractivity (Wildman–Crippen MR) is 54.1 cm³/mol. The van der Waals surface area contributed by atoms with Crippen molar-refractivity contribution >= 4 is 21.4 Å². The van der Waals surface area contributed by atoms with E-state index in [4.69, 9.17) is 5.73 Å². The summed E-state index contributed by atoms with van der Waals surface area (Å²) in [7, 11) is -3.25. The van der Waals surface area contributed by atoms with Crippen LogP contribution in [0.1, 0.15) is 5.56 Å². The molecule has 0 bridgehead atoms. The molecule has 0 heterocycles. The van der Waals surface area contributed by atoms with Crippen LogP contribution in [0, 0.1) is 6.92 Å². The van der Waals surface area contributed by atoms with Crippen molar-refractivity contribution in [1.82, 2.24) is 0 Å². The number of para-hydroxylation sites is 1. The maximum Gasteiger partial charge on any atom is 0.229 e. The number of anilines is 2. The van der Waals surface area contributed by atoms with Crippen LogP contribution in [0.5, 0.6) is 0 Å². The van der Waals surface area contributed by atoms with Gasteiger partial charge in [0.05, 0.1) is 17.6 Å². The number of nitrogens with two attached hydrogens (primary N) is 1. The first kappa shape index (κ1) is 9.85. The lowest BCUT2D eigenvalue weighted by molar-refractivity contribution is 0.607. The second-order valence-corrected chi connectivity index (χ2v) is 4.66. The number of aryl methyl sites for hydroxylation is 1. The Morgan fingerprint density at radius 3 is 2.46 bits per heavy atom. The summed E-state index contributed by atoms with van der Waals surface area (Å²) in [6, 6.07) is 5.22. The zero-order chi connectivity index (χ0) is 10.1. The summed E-state index contributed by atoms with van der Waals surface area (Å²) in [4.78, 5) is 0. The summed E-state index contributed by atoms with van der Waals surface area (Å²) in [5, 5.41) is 0. The summed E-state index contributed by atoms with van der Waals surface area (Å²) in [6.45, 7) is 1.80. The molecule has 0 fully saturated rings. The van der Waals surface area contributed by atoms with Gasteiger partial charge in [0.15, 0.2) is 0 Å². The van der Waals surface area contributed by atoms with Crippen molar-refractivity contribution in [2.75, 3.05) is 16.7 Å². The quantitative estimate of drug-likeness (QED) is 0.698. The van der Waals surface area contributed by atoms with E-state index in [1.807, 2.05) is 0 Å². The fourth-order valence-corrected chi connectivity index (χ4v) is 1.66. The van der Waals surface area contributed by atoms with E-state index in [1.165, 1.54) is 0 Å². The van der Waals surface area contributed by atoms with E-state index in [0.29, 0.717) is 11.4 Å². The second kappa shape index (κ2) is 3.26. The molecule has 72 valence electrons. The average molecular weight is 200 g/mol. The highest BCUT2D eigenvalue weighted by Crippen LogP contribution is 2.22. The van der Waals surface area contributed by atoms with Gasteiger partial charge in [0.25, 0.3) is 0 Å². The zero-order valence-corrected chi connectivity index (χ0v) is 8.35. The van der Waals surface area contributed by atoms with Crippen molar-refractivity contribution in [3.63, 3.8) is 0 Å². The molecular formula is C8H12N2O2S. The normalized spacial score (nSPS) is 11.2. The smallest absolute Gasteiger partial charge is 0.229 e. The minimum absolute atomic E-state index is 0.436. The Kier molecular flexibility index (Phi) is 2.47. The Labute approximate surface area is 77.8 Å². The van der Waals surface area contributed by atoms with Gasteiger partial charge in [-0.1, -0.05) is 12.1 Å². The van der Waals surface area contributed by atoms with Crippen LogP contribution in [0.4, 0.5) is 11.4 Å². The first-order valence-corrected chi connectivity index (χ1v) is 5.62. The van der Waals surface area contributed by atoms with Gasteiger partial charge in [-0.2, -0.15) is 0 Å². The van der Waals surface area contributed by atoms with Gasteiger partial charge in [-0.05, 0) is 18.6 Å². The third kappa shape index (κ3) is 2.62. The number of hydrogen-bond acceptors (Lipinski definition) is 3. The molecule has 0 aliphatic carbocycles. The van der Waals surface area contributed by atoms with Crippen LogP contribution in [0.3, 0.4) is 0 Å². The van der Waals surface area contributed by atoms with Gasteiger partial charge in [0, 0.05) is 0 Å². The molecule has 0 aliphatic heterocycles. The van der Waals surface area contributed by atoms with Crippen LogP contribution in [0.2, 0.25) is 0 Å². The SMILES string of the molecule is Cc1cccc(N)c1NS(C)(=O)=O. The highest BCUT2D eigenvalue weighted by atomic mass is 32.2. The van der Waals surface area contributed by atoms with Gasteiger partial charge in [0.1, 0.15) is 0 Å². The number of nitrogens with one attached hydrogen (secondary N) is 1. The van der Waals surface area contributed by atoms with Gasteiger partial charge >= 0.3 is 0 Å². The zero-order valence-electron chi connectivity index (χ0n) is 7.53. The third-order valence-electron chi connectivity index (χ3n) is 1.59. The van der Waals surface area contributed by atoms with Crippen LogP contribution in [-0.4, -0.2) is 14.7 Å². The maximum absolute atomic E-state index is 10.9. The van der Waals surface area contributed by atoms with E-state index in [2.05, 4.69) is 4.72 Å². The van der Waals surface area contributed by atoms with Crippen molar-refractivity contribution in [1.29, 1.82) is 0 Å². The minimum atomic E-state index is -3.25. The Morgan fingerprint density at radius 2 is 2.00 bits per heavy atom. The molecule has 0 unspecified atom stereocenters. The molecule has 1 rings (SSSR count). The Balaban J connectivity index is 3.15. The molecular weight excluding hydrogens is 188 g/mol. The molecule has 1 aromatic carbocycles. The van der Waals surface area contributed by atoms with Crippen LogP contribution in [-0.2, 0) is 10.0 Å². The largest absolute Gasteiger partial charge is 0.397 e. The molecule has 0 saturated heterocycles. The molecule has 1 aromatic rings. The molecule has 0 atom stereocenters. The predicted octanol–water partition coefficient (Wildman–Crippen LogP) is 0.949. The minimum Gasteiger partial charge on any atom is -0.397 e. The van der Waals surface area contributed by atoms with E-state index in [1.54, 1.807) is 25.1 Å². The van der Waals surface area contributed by atoms with Crippen molar-refractivity contribution in [2.24, 2.45) is 0 Å². The van der Waals surface area contributed by atoms with Crippen LogP contribution >= 0.6 is 0 Å². The van der Waals surface area contributed by atoms with Gasteiger partial charge in [0.2, 0.25) is 10.0 Å². The molecule has 3 N–H and O–H groups in total. The molecule has 0 radical (unpaired) electrons. The first-order valence-electron chi connectivity index (χ1n) is 3.73. The Bertz CT molecular complexity index is 392. The summed E-state index contributed by atoms with van der Waals surface area (Å²) in [5.74, 6) is 0. The topological polar surface area (TPSA) is 72.2 Å². The third-order valence-corrected chi connectivity index (χ3v) is 2.17. The molecule has 13 heavy (non-hydrogen) atoms. The van der Waals surface area contributed by atoms with Crippen LogP contribution < -0.4 is 10.5 Å². The van der Waals surface area contributed by atoms with E-state index < -0.39 is 10.0 Å². The van der Waals surface area contributed by atoms with E-state index in [0.717, 1.165) is 11.8 Å². The molecule has 5 heteroatoms. The monoisotopic (exact) mass is 200 g/mol.